The van der Waals surface area contributed by atoms with E-state index < -0.39 is 0 Å². The lowest BCUT2D eigenvalue weighted by Gasteiger charge is -2.16. The highest BCUT2D eigenvalue weighted by atomic mass is 79.9. The van der Waals surface area contributed by atoms with Gasteiger partial charge in [0.1, 0.15) is 5.82 Å². The summed E-state index contributed by atoms with van der Waals surface area (Å²) < 4.78 is 1.17. The molecule has 19 heavy (non-hydrogen) atoms. The Morgan fingerprint density at radius 2 is 2.21 bits per heavy atom. The summed E-state index contributed by atoms with van der Waals surface area (Å²) in [6.07, 6.45) is 1.86. The molecule has 5 heteroatoms. The molecule has 0 aromatic carbocycles. The molecule has 1 N–H and O–H groups in total. The quantitative estimate of drug-likeness (QED) is 0.862. The summed E-state index contributed by atoms with van der Waals surface area (Å²) >= 11 is 5.28. The van der Waals surface area contributed by atoms with E-state index in [9.17, 15) is 0 Å². The molecule has 0 saturated carbocycles. The van der Waals surface area contributed by atoms with E-state index in [-0.39, 0.29) is 0 Å². The number of anilines is 1. The number of halogens is 1. The highest BCUT2D eigenvalue weighted by molar-refractivity contribution is 9.10. The summed E-state index contributed by atoms with van der Waals surface area (Å²) in [4.78, 5) is 7.97. The number of rotatable bonds is 6. The van der Waals surface area contributed by atoms with Crippen molar-refractivity contribution in [3.63, 3.8) is 0 Å². The van der Waals surface area contributed by atoms with Gasteiger partial charge in [0.05, 0.1) is 0 Å². The van der Waals surface area contributed by atoms with Gasteiger partial charge < -0.3 is 5.32 Å². The van der Waals surface area contributed by atoms with Gasteiger partial charge in [-0.1, -0.05) is 0 Å². The minimum atomic E-state index is 0.898. The molecular weight excluding hydrogens is 322 g/mol. The van der Waals surface area contributed by atoms with Gasteiger partial charge in [0.25, 0.3) is 0 Å². The Morgan fingerprint density at radius 1 is 1.37 bits per heavy atom. The van der Waals surface area contributed by atoms with Crippen molar-refractivity contribution >= 4 is 33.1 Å². The predicted molar refractivity (Wildman–Crippen MR) is 85.6 cm³/mol. The lowest BCUT2D eigenvalue weighted by Crippen LogP contribution is -2.16. The Bertz CT molecular complexity index is 527. The highest BCUT2D eigenvalue weighted by Gasteiger charge is 2.05. The SMILES string of the molecule is CCNc1cc(CN(C)Cc2cc(Br)cs2)ccn1. The van der Waals surface area contributed by atoms with E-state index in [0.29, 0.717) is 0 Å². The van der Waals surface area contributed by atoms with E-state index in [1.807, 2.05) is 6.20 Å². The van der Waals surface area contributed by atoms with Crippen molar-refractivity contribution in [2.24, 2.45) is 0 Å². The molecule has 3 nitrogen and oxygen atoms in total. The molecule has 0 unspecified atom stereocenters. The Labute approximate surface area is 126 Å². The zero-order valence-electron chi connectivity index (χ0n) is 11.2. The summed E-state index contributed by atoms with van der Waals surface area (Å²) in [6.45, 7) is 4.87. The number of pyridine rings is 1. The lowest BCUT2D eigenvalue weighted by atomic mass is 10.2. The Balaban J connectivity index is 1.94. The van der Waals surface area contributed by atoms with Gasteiger partial charge in [0.15, 0.2) is 0 Å². The third-order valence-electron chi connectivity index (χ3n) is 2.68. The fourth-order valence-corrected chi connectivity index (χ4v) is 3.45. The zero-order valence-corrected chi connectivity index (χ0v) is 13.6. The molecule has 0 radical (unpaired) electrons. The van der Waals surface area contributed by atoms with Crippen LogP contribution in [0, 0.1) is 0 Å². The summed E-state index contributed by atoms with van der Waals surface area (Å²) in [5.41, 5.74) is 1.28. The average Bonchev–Trinajstić information content (AvgIpc) is 2.75. The van der Waals surface area contributed by atoms with Crippen LogP contribution in [-0.2, 0) is 13.1 Å². The first-order valence-electron chi connectivity index (χ1n) is 6.27. The van der Waals surface area contributed by atoms with Gasteiger partial charge in [-0.05, 0) is 53.7 Å². The number of aromatic nitrogens is 1. The van der Waals surface area contributed by atoms with Crippen molar-refractivity contribution in [3.05, 3.63) is 44.7 Å². The molecule has 0 aliphatic heterocycles. The van der Waals surface area contributed by atoms with Crippen LogP contribution >= 0.6 is 27.3 Å². The van der Waals surface area contributed by atoms with Crippen molar-refractivity contribution in [1.82, 2.24) is 9.88 Å². The number of thiophene rings is 1. The Hall–Kier alpha value is -0.910. The zero-order chi connectivity index (χ0) is 13.7. The number of nitrogens with zero attached hydrogens (tertiary/aromatic N) is 2. The van der Waals surface area contributed by atoms with Gasteiger partial charge in [0, 0.05) is 40.6 Å². The third kappa shape index (κ3) is 4.60. The van der Waals surface area contributed by atoms with Crippen LogP contribution < -0.4 is 5.32 Å². The van der Waals surface area contributed by atoms with Crippen LogP contribution in [0.2, 0.25) is 0 Å². The molecule has 2 aromatic heterocycles. The van der Waals surface area contributed by atoms with Crippen LogP contribution in [0.4, 0.5) is 5.82 Å². The minimum Gasteiger partial charge on any atom is -0.370 e. The molecule has 2 rings (SSSR count). The van der Waals surface area contributed by atoms with Crippen LogP contribution in [0.15, 0.2) is 34.2 Å². The molecule has 0 saturated heterocycles. The molecule has 0 spiro atoms. The summed E-state index contributed by atoms with van der Waals surface area (Å²) in [5, 5.41) is 5.36. The molecule has 0 fully saturated rings. The van der Waals surface area contributed by atoms with E-state index in [1.165, 1.54) is 14.9 Å². The molecule has 0 amide bonds. The number of hydrogen-bond acceptors (Lipinski definition) is 4. The Kier molecular flexibility index (Phi) is 5.36. The molecule has 0 atom stereocenters. The monoisotopic (exact) mass is 339 g/mol. The first-order chi connectivity index (χ1) is 9.17. The van der Waals surface area contributed by atoms with E-state index in [4.69, 9.17) is 0 Å². The van der Waals surface area contributed by atoms with E-state index >= 15 is 0 Å². The van der Waals surface area contributed by atoms with Crippen LogP contribution in [0.3, 0.4) is 0 Å². The second-order valence-electron chi connectivity index (χ2n) is 4.48. The highest BCUT2D eigenvalue weighted by Crippen LogP contribution is 2.21. The van der Waals surface area contributed by atoms with Crippen molar-refractivity contribution in [3.8, 4) is 0 Å². The average molecular weight is 340 g/mol. The van der Waals surface area contributed by atoms with Gasteiger partial charge >= 0.3 is 0 Å². The topological polar surface area (TPSA) is 28.2 Å². The van der Waals surface area contributed by atoms with Crippen molar-refractivity contribution < 1.29 is 0 Å². The van der Waals surface area contributed by atoms with Gasteiger partial charge in [-0.3, -0.25) is 4.90 Å². The maximum atomic E-state index is 4.29. The molecule has 2 heterocycles. The van der Waals surface area contributed by atoms with Crippen LogP contribution in [-0.4, -0.2) is 23.5 Å². The Morgan fingerprint density at radius 3 is 2.89 bits per heavy atom. The van der Waals surface area contributed by atoms with Crippen LogP contribution in [0.1, 0.15) is 17.4 Å². The van der Waals surface area contributed by atoms with Crippen molar-refractivity contribution in [1.29, 1.82) is 0 Å². The predicted octanol–water partition coefficient (Wildman–Crippen LogP) is 3.97. The standard InChI is InChI=1S/C14H18BrN3S/c1-3-16-14-6-11(4-5-17-14)8-18(2)9-13-7-12(15)10-19-13/h4-7,10H,3,8-9H2,1-2H3,(H,16,17). The van der Waals surface area contributed by atoms with Crippen LogP contribution in [0.25, 0.3) is 0 Å². The molecular formula is C14H18BrN3S. The fourth-order valence-electron chi connectivity index (χ4n) is 1.92. The first kappa shape index (κ1) is 14.5. The van der Waals surface area contributed by atoms with Gasteiger partial charge in [-0.2, -0.15) is 0 Å². The van der Waals surface area contributed by atoms with Crippen molar-refractivity contribution in [2.75, 3.05) is 18.9 Å². The van der Waals surface area contributed by atoms with Gasteiger partial charge in [0.2, 0.25) is 0 Å². The molecule has 0 aliphatic carbocycles. The minimum absolute atomic E-state index is 0.898. The van der Waals surface area contributed by atoms with E-state index in [1.54, 1.807) is 11.3 Å². The summed E-state index contributed by atoms with van der Waals surface area (Å²) in [6, 6.07) is 6.36. The normalized spacial score (nSPS) is 10.9. The smallest absolute Gasteiger partial charge is 0.126 e. The number of hydrogen-bond donors (Lipinski definition) is 1. The lowest BCUT2D eigenvalue weighted by molar-refractivity contribution is 0.322. The third-order valence-corrected chi connectivity index (χ3v) is 4.36. The van der Waals surface area contributed by atoms with Crippen LogP contribution in [0.5, 0.6) is 0 Å². The second kappa shape index (κ2) is 7.03. The maximum Gasteiger partial charge on any atom is 0.126 e. The summed E-state index contributed by atoms with van der Waals surface area (Å²) in [5.74, 6) is 0.951. The van der Waals surface area contributed by atoms with Gasteiger partial charge in [-0.25, -0.2) is 4.98 Å². The number of nitrogens with one attached hydrogen (secondary N) is 1. The molecule has 2 aromatic rings. The molecule has 0 bridgehead atoms. The first-order valence-corrected chi connectivity index (χ1v) is 7.95. The maximum absolute atomic E-state index is 4.29. The van der Waals surface area contributed by atoms with E-state index in [0.717, 1.165) is 25.5 Å². The fraction of sp³-hybridized carbons (Fsp3) is 0.357. The van der Waals surface area contributed by atoms with Gasteiger partial charge in [-0.15, -0.1) is 11.3 Å². The second-order valence-corrected chi connectivity index (χ2v) is 6.39. The summed E-state index contributed by atoms with van der Waals surface area (Å²) in [7, 11) is 2.14. The van der Waals surface area contributed by atoms with Crippen molar-refractivity contribution in [2.45, 2.75) is 20.0 Å². The molecule has 0 aliphatic rings. The van der Waals surface area contributed by atoms with E-state index in [2.05, 4.69) is 68.7 Å². The molecule has 102 valence electrons. The largest absolute Gasteiger partial charge is 0.370 e.